The molecular formula is C12H11NO2. The van der Waals surface area contributed by atoms with Gasteiger partial charge in [0.1, 0.15) is 0 Å². The van der Waals surface area contributed by atoms with Crippen LogP contribution in [0.2, 0.25) is 0 Å². The van der Waals surface area contributed by atoms with E-state index in [0.29, 0.717) is 6.42 Å². The fourth-order valence-corrected chi connectivity index (χ4v) is 1.29. The minimum atomic E-state index is -0.998. The van der Waals surface area contributed by atoms with Crippen LogP contribution in [0.1, 0.15) is 11.1 Å². The van der Waals surface area contributed by atoms with E-state index in [1.165, 1.54) is 0 Å². The first-order valence-electron chi connectivity index (χ1n) is 4.50. The molecule has 0 saturated carbocycles. The third-order valence-electron chi connectivity index (χ3n) is 2.09. The summed E-state index contributed by atoms with van der Waals surface area (Å²) in [6, 6.07) is 9.35. The Bertz CT molecular complexity index is 429. The van der Waals surface area contributed by atoms with Crippen LogP contribution in [0.15, 0.2) is 36.4 Å². The van der Waals surface area contributed by atoms with Crippen molar-refractivity contribution in [2.24, 2.45) is 0 Å². The predicted molar refractivity (Wildman–Crippen MR) is 56.2 cm³/mol. The van der Waals surface area contributed by atoms with Gasteiger partial charge in [-0.1, -0.05) is 30.8 Å². The lowest BCUT2D eigenvalue weighted by molar-refractivity contribution is -0.132. The first-order valence-corrected chi connectivity index (χ1v) is 4.50. The van der Waals surface area contributed by atoms with E-state index in [0.717, 1.165) is 11.1 Å². The average Bonchev–Trinajstić information content (AvgIpc) is 2.21. The summed E-state index contributed by atoms with van der Waals surface area (Å²) >= 11 is 0. The van der Waals surface area contributed by atoms with Crippen LogP contribution in [0.3, 0.4) is 0 Å². The summed E-state index contributed by atoms with van der Waals surface area (Å²) in [5, 5.41) is 17.3. The average molecular weight is 201 g/mol. The molecule has 1 aromatic carbocycles. The zero-order valence-corrected chi connectivity index (χ0v) is 8.23. The van der Waals surface area contributed by atoms with Gasteiger partial charge in [-0.2, -0.15) is 5.26 Å². The highest BCUT2D eigenvalue weighted by atomic mass is 16.4. The first kappa shape index (κ1) is 11.0. The molecule has 0 aromatic heterocycles. The van der Waals surface area contributed by atoms with E-state index in [1.807, 2.05) is 30.3 Å². The van der Waals surface area contributed by atoms with Crippen molar-refractivity contribution in [2.45, 2.75) is 12.8 Å². The molecule has 0 aliphatic carbocycles. The van der Waals surface area contributed by atoms with Crippen molar-refractivity contribution in [1.82, 2.24) is 0 Å². The standard InChI is InChI=1S/C12H11NO2/c1-9(12(14)15)8-11-5-3-2-4-10(11)6-7-13/h2-5H,1,6,8H2,(H,14,15). The van der Waals surface area contributed by atoms with Gasteiger partial charge in [0.05, 0.1) is 12.5 Å². The second-order valence-electron chi connectivity index (χ2n) is 3.19. The minimum absolute atomic E-state index is 0.139. The van der Waals surface area contributed by atoms with Crippen LogP contribution in [0.5, 0.6) is 0 Å². The lowest BCUT2D eigenvalue weighted by Crippen LogP contribution is -2.04. The Labute approximate surface area is 88.3 Å². The van der Waals surface area contributed by atoms with E-state index in [9.17, 15) is 4.79 Å². The molecule has 15 heavy (non-hydrogen) atoms. The lowest BCUT2D eigenvalue weighted by atomic mass is 9.99. The van der Waals surface area contributed by atoms with Gasteiger partial charge in [0.15, 0.2) is 0 Å². The second-order valence-corrected chi connectivity index (χ2v) is 3.19. The van der Waals surface area contributed by atoms with E-state index in [1.54, 1.807) is 0 Å². The summed E-state index contributed by atoms with van der Waals surface area (Å²) in [4.78, 5) is 10.6. The highest BCUT2D eigenvalue weighted by Gasteiger charge is 2.08. The summed E-state index contributed by atoms with van der Waals surface area (Å²) in [6.45, 7) is 3.47. The number of aliphatic carboxylic acids is 1. The molecule has 0 spiro atoms. The van der Waals surface area contributed by atoms with Gasteiger partial charge < -0.3 is 5.11 Å². The number of nitriles is 1. The number of carboxylic acid groups (broad SMARTS) is 1. The van der Waals surface area contributed by atoms with Gasteiger partial charge in [0.2, 0.25) is 0 Å². The van der Waals surface area contributed by atoms with Crippen LogP contribution in [-0.4, -0.2) is 11.1 Å². The van der Waals surface area contributed by atoms with E-state index in [2.05, 4.69) is 6.58 Å². The van der Waals surface area contributed by atoms with Crippen LogP contribution >= 0.6 is 0 Å². The summed E-state index contributed by atoms with van der Waals surface area (Å²) in [5.41, 5.74) is 1.86. The fraction of sp³-hybridized carbons (Fsp3) is 0.167. The van der Waals surface area contributed by atoms with Gasteiger partial charge in [0, 0.05) is 12.0 Å². The number of rotatable bonds is 4. The molecule has 0 fully saturated rings. The van der Waals surface area contributed by atoms with E-state index < -0.39 is 5.97 Å². The van der Waals surface area contributed by atoms with E-state index in [-0.39, 0.29) is 12.0 Å². The normalized spacial score (nSPS) is 9.27. The molecule has 1 aromatic rings. The van der Waals surface area contributed by atoms with E-state index in [4.69, 9.17) is 10.4 Å². The molecule has 76 valence electrons. The largest absolute Gasteiger partial charge is 0.478 e. The second kappa shape index (κ2) is 4.97. The predicted octanol–water partition coefficient (Wildman–Crippen LogP) is 1.94. The monoisotopic (exact) mass is 201 g/mol. The van der Waals surface area contributed by atoms with Crippen molar-refractivity contribution >= 4 is 5.97 Å². The quantitative estimate of drug-likeness (QED) is 0.757. The smallest absolute Gasteiger partial charge is 0.331 e. The van der Waals surface area contributed by atoms with Gasteiger partial charge in [-0.05, 0) is 11.1 Å². The van der Waals surface area contributed by atoms with E-state index >= 15 is 0 Å². The van der Waals surface area contributed by atoms with Crippen LogP contribution in [0, 0.1) is 11.3 Å². The van der Waals surface area contributed by atoms with Gasteiger partial charge in [-0.15, -0.1) is 0 Å². The first-order chi connectivity index (χ1) is 7.15. The maximum absolute atomic E-state index is 10.6. The van der Waals surface area contributed by atoms with Gasteiger partial charge in [-0.3, -0.25) is 0 Å². The minimum Gasteiger partial charge on any atom is -0.478 e. The van der Waals surface area contributed by atoms with Crippen molar-refractivity contribution in [3.63, 3.8) is 0 Å². The Morgan fingerprint density at radius 2 is 2.00 bits per heavy atom. The number of carbonyl (C=O) groups is 1. The number of hydrogen-bond donors (Lipinski definition) is 1. The third-order valence-corrected chi connectivity index (χ3v) is 2.09. The molecule has 0 bridgehead atoms. The Morgan fingerprint density at radius 1 is 1.40 bits per heavy atom. The van der Waals surface area contributed by atoms with Crippen LogP contribution in [-0.2, 0) is 17.6 Å². The Hall–Kier alpha value is -2.08. The summed E-state index contributed by atoms with van der Waals surface area (Å²) in [6.07, 6.45) is 0.580. The Morgan fingerprint density at radius 3 is 2.53 bits per heavy atom. The molecule has 0 heterocycles. The molecule has 0 unspecified atom stereocenters. The molecule has 3 nitrogen and oxygen atoms in total. The van der Waals surface area contributed by atoms with Crippen molar-refractivity contribution in [3.8, 4) is 6.07 Å². The molecule has 0 aliphatic rings. The lowest BCUT2D eigenvalue weighted by Gasteiger charge is -2.05. The Kier molecular flexibility index (Phi) is 3.64. The molecule has 1 rings (SSSR count). The van der Waals surface area contributed by atoms with Crippen molar-refractivity contribution < 1.29 is 9.90 Å². The molecule has 3 heteroatoms. The van der Waals surface area contributed by atoms with Gasteiger partial charge in [0.25, 0.3) is 0 Å². The molecule has 0 radical (unpaired) electrons. The van der Waals surface area contributed by atoms with Crippen molar-refractivity contribution in [2.75, 3.05) is 0 Å². The van der Waals surface area contributed by atoms with Crippen molar-refractivity contribution in [1.29, 1.82) is 5.26 Å². The number of carboxylic acids is 1. The molecule has 0 aliphatic heterocycles. The topological polar surface area (TPSA) is 61.1 Å². The fourth-order valence-electron chi connectivity index (χ4n) is 1.29. The van der Waals surface area contributed by atoms with Crippen LogP contribution < -0.4 is 0 Å². The summed E-state index contributed by atoms with van der Waals surface area (Å²) < 4.78 is 0. The van der Waals surface area contributed by atoms with Gasteiger partial charge in [-0.25, -0.2) is 4.79 Å². The molecule has 1 N–H and O–H groups in total. The molecular weight excluding hydrogens is 190 g/mol. The van der Waals surface area contributed by atoms with Crippen molar-refractivity contribution in [3.05, 3.63) is 47.5 Å². The number of hydrogen-bond acceptors (Lipinski definition) is 2. The molecule has 0 atom stereocenters. The maximum atomic E-state index is 10.6. The SMILES string of the molecule is C=C(Cc1ccccc1CC#N)C(=O)O. The maximum Gasteiger partial charge on any atom is 0.331 e. The van der Waals surface area contributed by atoms with Crippen LogP contribution in [0.25, 0.3) is 0 Å². The van der Waals surface area contributed by atoms with Gasteiger partial charge >= 0.3 is 5.97 Å². The molecule has 0 saturated heterocycles. The number of benzene rings is 1. The Balaban J connectivity index is 2.90. The zero-order chi connectivity index (χ0) is 11.3. The third kappa shape index (κ3) is 2.96. The highest BCUT2D eigenvalue weighted by molar-refractivity contribution is 5.86. The van der Waals surface area contributed by atoms with Crippen LogP contribution in [0.4, 0.5) is 0 Å². The summed E-state index contributed by atoms with van der Waals surface area (Å²) in [7, 11) is 0. The molecule has 0 amide bonds. The summed E-state index contributed by atoms with van der Waals surface area (Å²) in [5.74, 6) is -0.998. The number of nitrogens with zero attached hydrogens (tertiary/aromatic N) is 1. The highest BCUT2D eigenvalue weighted by Crippen LogP contribution is 2.13. The zero-order valence-electron chi connectivity index (χ0n) is 8.23.